The van der Waals surface area contributed by atoms with E-state index < -0.39 is 0 Å². The summed E-state index contributed by atoms with van der Waals surface area (Å²) < 4.78 is 17.3. The number of hydrogen-bond acceptors (Lipinski definition) is 6. The Morgan fingerprint density at radius 3 is 2.02 bits per heavy atom. The van der Waals surface area contributed by atoms with Crippen LogP contribution in [0.1, 0.15) is 168 Å². The zero-order valence-corrected chi connectivity index (χ0v) is 27.8. The topological polar surface area (TPSA) is 71.5 Å². The molecule has 1 aliphatic carbocycles. The van der Waals surface area contributed by atoms with Gasteiger partial charge >= 0.3 is 5.97 Å². The van der Waals surface area contributed by atoms with Crippen LogP contribution in [-0.2, 0) is 19.0 Å². The second-order valence-corrected chi connectivity index (χ2v) is 13.2. The Balaban J connectivity index is 1.35. The van der Waals surface area contributed by atoms with Gasteiger partial charge < -0.3 is 24.2 Å². The summed E-state index contributed by atoms with van der Waals surface area (Å²) >= 11 is 0. The van der Waals surface area contributed by atoms with Gasteiger partial charge in [-0.15, -0.1) is 0 Å². The van der Waals surface area contributed by atoms with Gasteiger partial charge in [0.2, 0.25) is 0 Å². The fraction of sp³-hybridized carbons (Fsp3) is 0.972. The van der Waals surface area contributed by atoms with E-state index in [0.29, 0.717) is 12.5 Å². The summed E-state index contributed by atoms with van der Waals surface area (Å²) in [5, 5.41) is 9.47. The zero-order valence-electron chi connectivity index (χ0n) is 27.8. The Hall–Kier alpha value is -0.690. The van der Waals surface area contributed by atoms with Crippen LogP contribution in [0.5, 0.6) is 0 Å². The SMILES string of the molecule is CCCCCCCOC1OC1CCCCCCCCCN(CCO)CCCCCC(=O)OC1CCC(CCCC)CC1. The van der Waals surface area contributed by atoms with Gasteiger partial charge in [-0.1, -0.05) is 104 Å². The number of aliphatic hydroxyl groups excluding tert-OH is 1. The molecule has 6 heteroatoms. The molecule has 1 N–H and O–H groups in total. The Morgan fingerprint density at radius 2 is 1.33 bits per heavy atom. The van der Waals surface area contributed by atoms with Crippen LogP contribution in [0.2, 0.25) is 0 Å². The van der Waals surface area contributed by atoms with Crippen LogP contribution in [0.3, 0.4) is 0 Å². The van der Waals surface area contributed by atoms with E-state index in [0.717, 1.165) is 70.7 Å². The fourth-order valence-electron chi connectivity index (χ4n) is 6.48. The number of unbranched alkanes of at least 4 members (excludes halogenated alkanes) is 13. The second-order valence-electron chi connectivity index (χ2n) is 13.2. The van der Waals surface area contributed by atoms with Gasteiger partial charge in [0, 0.05) is 19.6 Å². The van der Waals surface area contributed by atoms with Crippen molar-refractivity contribution in [2.75, 3.05) is 32.8 Å². The molecule has 1 heterocycles. The highest BCUT2D eigenvalue weighted by Gasteiger charge is 2.38. The number of hydrogen-bond donors (Lipinski definition) is 1. The summed E-state index contributed by atoms with van der Waals surface area (Å²) in [5.74, 6) is 0.852. The van der Waals surface area contributed by atoms with E-state index in [2.05, 4.69) is 18.7 Å². The minimum absolute atomic E-state index is 0.00167. The predicted octanol–water partition coefficient (Wildman–Crippen LogP) is 8.97. The number of rotatable bonds is 29. The lowest BCUT2D eigenvalue weighted by atomic mass is 9.84. The smallest absolute Gasteiger partial charge is 0.306 e. The molecule has 0 spiro atoms. The maximum Gasteiger partial charge on any atom is 0.306 e. The molecule has 0 aromatic carbocycles. The molecule has 1 aliphatic heterocycles. The van der Waals surface area contributed by atoms with Gasteiger partial charge in [0.25, 0.3) is 0 Å². The molecule has 2 fully saturated rings. The quantitative estimate of drug-likeness (QED) is 0.0529. The lowest BCUT2D eigenvalue weighted by molar-refractivity contribution is -0.151. The van der Waals surface area contributed by atoms with E-state index in [1.54, 1.807) is 0 Å². The maximum absolute atomic E-state index is 12.3. The largest absolute Gasteiger partial charge is 0.462 e. The molecule has 0 radical (unpaired) electrons. The van der Waals surface area contributed by atoms with Crippen molar-refractivity contribution in [2.45, 2.75) is 186 Å². The summed E-state index contributed by atoms with van der Waals surface area (Å²) in [5.41, 5.74) is 0. The number of ether oxygens (including phenoxy) is 3. The number of carbonyl (C=O) groups excluding carboxylic acids is 1. The molecule has 2 atom stereocenters. The van der Waals surface area contributed by atoms with Crippen molar-refractivity contribution in [3.8, 4) is 0 Å². The molecule has 1 saturated heterocycles. The van der Waals surface area contributed by atoms with E-state index in [1.165, 1.54) is 109 Å². The molecule has 2 unspecified atom stereocenters. The molecular weight excluding hydrogens is 526 g/mol. The Kier molecular flexibility index (Phi) is 22.9. The Morgan fingerprint density at radius 1 is 0.714 bits per heavy atom. The zero-order chi connectivity index (χ0) is 30.1. The second kappa shape index (κ2) is 25.6. The van der Waals surface area contributed by atoms with Crippen LogP contribution in [-0.4, -0.2) is 67.3 Å². The van der Waals surface area contributed by atoms with Gasteiger partial charge in [-0.25, -0.2) is 0 Å². The summed E-state index contributed by atoms with van der Waals surface area (Å²) in [7, 11) is 0. The van der Waals surface area contributed by atoms with E-state index >= 15 is 0 Å². The van der Waals surface area contributed by atoms with E-state index in [-0.39, 0.29) is 25.0 Å². The molecule has 0 aromatic heterocycles. The van der Waals surface area contributed by atoms with Crippen molar-refractivity contribution in [2.24, 2.45) is 5.92 Å². The van der Waals surface area contributed by atoms with Gasteiger partial charge in [-0.2, -0.15) is 0 Å². The summed E-state index contributed by atoms with van der Waals surface area (Å²) in [6.45, 7) is 8.44. The summed E-state index contributed by atoms with van der Waals surface area (Å²) in [6, 6.07) is 0. The number of epoxide rings is 1. The van der Waals surface area contributed by atoms with Crippen LogP contribution >= 0.6 is 0 Å². The molecule has 1 saturated carbocycles. The van der Waals surface area contributed by atoms with Crippen molar-refractivity contribution in [3.05, 3.63) is 0 Å². The first-order valence-corrected chi connectivity index (χ1v) is 18.5. The standard InChI is InChI=1S/C36H69NO5/c1-3-5-7-13-19-31-40-36-34(42-36)21-15-11-9-8-10-12-17-27-37(29-30-38)28-18-14-16-22-35(39)41-33-25-23-32(24-26-33)20-6-4-2/h32-34,36,38H,3-31H2,1-2H3. The molecule has 248 valence electrons. The summed E-state index contributed by atoms with van der Waals surface area (Å²) in [4.78, 5) is 14.7. The molecule has 6 nitrogen and oxygen atoms in total. The van der Waals surface area contributed by atoms with Gasteiger partial charge in [-0.3, -0.25) is 4.79 Å². The lowest BCUT2D eigenvalue weighted by Gasteiger charge is -2.28. The van der Waals surface area contributed by atoms with Crippen molar-refractivity contribution in [1.29, 1.82) is 0 Å². The van der Waals surface area contributed by atoms with Crippen LogP contribution in [0.25, 0.3) is 0 Å². The van der Waals surface area contributed by atoms with Crippen LogP contribution in [0.4, 0.5) is 0 Å². The molecule has 2 aliphatic rings. The number of aliphatic hydroxyl groups is 1. The van der Waals surface area contributed by atoms with Gasteiger partial charge in [0.1, 0.15) is 12.2 Å². The molecule has 0 bridgehead atoms. The van der Waals surface area contributed by atoms with Crippen molar-refractivity contribution in [3.63, 3.8) is 0 Å². The number of esters is 1. The highest BCUT2D eigenvalue weighted by Crippen LogP contribution is 2.30. The van der Waals surface area contributed by atoms with Gasteiger partial charge in [0.05, 0.1) is 6.61 Å². The molecule has 42 heavy (non-hydrogen) atoms. The van der Waals surface area contributed by atoms with E-state index in [1.807, 2.05) is 0 Å². The lowest BCUT2D eigenvalue weighted by Crippen LogP contribution is -2.29. The van der Waals surface area contributed by atoms with Crippen molar-refractivity contribution in [1.82, 2.24) is 4.90 Å². The average molecular weight is 596 g/mol. The maximum atomic E-state index is 12.3. The molecule has 0 aromatic rings. The monoisotopic (exact) mass is 596 g/mol. The minimum atomic E-state index is 0.00167. The van der Waals surface area contributed by atoms with Crippen LogP contribution in [0.15, 0.2) is 0 Å². The van der Waals surface area contributed by atoms with Crippen LogP contribution < -0.4 is 0 Å². The normalized spacial score (nSPS) is 22.1. The molecule has 2 rings (SSSR count). The molecular formula is C36H69NO5. The fourth-order valence-corrected chi connectivity index (χ4v) is 6.48. The number of nitrogens with zero attached hydrogens (tertiary/aromatic N) is 1. The third-order valence-corrected chi connectivity index (χ3v) is 9.36. The summed E-state index contributed by atoms with van der Waals surface area (Å²) in [6.07, 6.45) is 29.3. The third-order valence-electron chi connectivity index (χ3n) is 9.36. The molecule has 0 amide bonds. The predicted molar refractivity (Wildman–Crippen MR) is 174 cm³/mol. The van der Waals surface area contributed by atoms with Crippen LogP contribution in [0, 0.1) is 5.92 Å². The van der Waals surface area contributed by atoms with E-state index in [4.69, 9.17) is 14.2 Å². The first-order chi connectivity index (χ1) is 20.7. The Labute approximate surface area is 260 Å². The number of carbonyl (C=O) groups is 1. The minimum Gasteiger partial charge on any atom is -0.462 e. The highest BCUT2D eigenvalue weighted by atomic mass is 16.8. The first-order valence-electron chi connectivity index (χ1n) is 18.5. The average Bonchev–Trinajstić information content (AvgIpc) is 3.75. The first kappa shape index (κ1) is 37.5. The van der Waals surface area contributed by atoms with Gasteiger partial charge in [-0.05, 0) is 76.8 Å². The highest BCUT2D eigenvalue weighted by molar-refractivity contribution is 5.69. The van der Waals surface area contributed by atoms with Crippen molar-refractivity contribution < 1.29 is 24.1 Å². The van der Waals surface area contributed by atoms with Crippen molar-refractivity contribution >= 4 is 5.97 Å². The third kappa shape index (κ3) is 19.6. The van der Waals surface area contributed by atoms with Gasteiger partial charge in [0.15, 0.2) is 6.29 Å². The van der Waals surface area contributed by atoms with E-state index in [9.17, 15) is 9.90 Å². The Bertz CT molecular complexity index is 624.